The fourth-order valence-corrected chi connectivity index (χ4v) is 2.66. The van der Waals surface area contributed by atoms with Gasteiger partial charge in [-0.05, 0) is 28.6 Å². The van der Waals surface area contributed by atoms with Gasteiger partial charge in [-0.25, -0.2) is 9.78 Å². The molecule has 1 aliphatic rings. The summed E-state index contributed by atoms with van der Waals surface area (Å²) in [5, 5.41) is 24.2. The molecule has 112 valence electrons. The van der Waals surface area contributed by atoms with E-state index in [0.29, 0.717) is 16.7 Å². The van der Waals surface area contributed by atoms with Crippen molar-refractivity contribution in [3.05, 3.63) is 23.8 Å². The molecule has 0 aliphatic carbocycles. The smallest absolute Gasteiger partial charge is 0.335 e. The number of nitrogens with one attached hydrogen (secondary N) is 1. The zero-order chi connectivity index (χ0) is 15.1. The van der Waals surface area contributed by atoms with Crippen LogP contribution in [0.1, 0.15) is 10.4 Å². The van der Waals surface area contributed by atoms with Crippen molar-refractivity contribution in [3.63, 3.8) is 0 Å². The Morgan fingerprint density at radius 2 is 2.09 bits per heavy atom. The molecule has 1 fully saturated rings. The minimum atomic E-state index is -0.991. The second-order valence-electron chi connectivity index (χ2n) is 5.10. The molecule has 1 saturated heterocycles. The van der Waals surface area contributed by atoms with Crippen LogP contribution in [0, 0.1) is 0 Å². The lowest BCUT2D eigenvalue weighted by Crippen LogP contribution is -2.44. The maximum Gasteiger partial charge on any atom is 0.335 e. The highest BCUT2D eigenvalue weighted by Crippen LogP contribution is 2.23. The Morgan fingerprint density at radius 1 is 1.27 bits per heavy atom. The van der Waals surface area contributed by atoms with Crippen molar-refractivity contribution in [2.24, 2.45) is 0 Å². The molecule has 4 rings (SSSR count). The molecule has 22 heavy (non-hydrogen) atoms. The molecular weight excluding hydrogens is 286 g/mol. The van der Waals surface area contributed by atoms with Gasteiger partial charge in [0.05, 0.1) is 16.6 Å². The van der Waals surface area contributed by atoms with Crippen molar-refractivity contribution >= 4 is 28.5 Å². The van der Waals surface area contributed by atoms with Crippen LogP contribution in [-0.4, -0.2) is 62.3 Å². The third-order valence-corrected chi connectivity index (χ3v) is 3.76. The Morgan fingerprint density at radius 3 is 2.86 bits per heavy atom. The van der Waals surface area contributed by atoms with Gasteiger partial charge in [0.2, 0.25) is 5.65 Å². The van der Waals surface area contributed by atoms with Gasteiger partial charge in [-0.15, -0.1) is 5.10 Å². The van der Waals surface area contributed by atoms with Crippen LogP contribution in [0.25, 0.3) is 16.7 Å². The van der Waals surface area contributed by atoms with Gasteiger partial charge in [-0.1, -0.05) is 0 Å². The average molecular weight is 299 g/mol. The van der Waals surface area contributed by atoms with E-state index in [-0.39, 0.29) is 5.56 Å². The van der Waals surface area contributed by atoms with Crippen LogP contribution >= 0.6 is 0 Å². The molecule has 3 heterocycles. The standard InChI is InChI=1S/C13H13N7O2/c21-13(22)8-1-2-9-10(7-8)20-12(16-17-18-20)11(15-9)19-5-3-14-4-6-19/h1-2,7,14H,3-6H2,(H,21,22). The Balaban J connectivity index is 1.96. The topological polar surface area (TPSA) is 109 Å². The first-order valence-corrected chi connectivity index (χ1v) is 6.95. The van der Waals surface area contributed by atoms with Gasteiger partial charge < -0.3 is 15.3 Å². The quantitative estimate of drug-likeness (QED) is 0.668. The van der Waals surface area contributed by atoms with Crippen LogP contribution in [0.3, 0.4) is 0 Å². The molecule has 2 aromatic heterocycles. The van der Waals surface area contributed by atoms with Gasteiger partial charge in [0.25, 0.3) is 0 Å². The number of aromatic nitrogens is 5. The summed E-state index contributed by atoms with van der Waals surface area (Å²) in [4.78, 5) is 17.9. The van der Waals surface area contributed by atoms with Crippen molar-refractivity contribution < 1.29 is 9.90 Å². The molecule has 9 nitrogen and oxygen atoms in total. The number of hydrogen-bond acceptors (Lipinski definition) is 7. The number of benzene rings is 1. The zero-order valence-electron chi connectivity index (χ0n) is 11.6. The lowest BCUT2D eigenvalue weighted by molar-refractivity contribution is 0.0697. The number of carboxylic acid groups (broad SMARTS) is 1. The van der Waals surface area contributed by atoms with E-state index in [0.717, 1.165) is 32.0 Å². The minimum Gasteiger partial charge on any atom is -0.478 e. The van der Waals surface area contributed by atoms with Crippen LogP contribution in [0.5, 0.6) is 0 Å². The maximum atomic E-state index is 11.1. The molecule has 1 aliphatic heterocycles. The van der Waals surface area contributed by atoms with Gasteiger partial charge in [0.1, 0.15) is 0 Å². The normalized spacial score (nSPS) is 15.5. The van der Waals surface area contributed by atoms with Crippen LogP contribution in [0.15, 0.2) is 18.2 Å². The summed E-state index contributed by atoms with van der Waals surface area (Å²) in [5.41, 5.74) is 1.97. The van der Waals surface area contributed by atoms with Gasteiger partial charge in [-0.3, -0.25) is 0 Å². The van der Waals surface area contributed by atoms with Gasteiger partial charge in [0.15, 0.2) is 5.82 Å². The summed E-state index contributed by atoms with van der Waals surface area (Å²) >= 11 is 0. The molecule has 0 spiro atoms. The van der Waals surface area contributed by atoms with Gasteiger partial charge >= 0.3 is 5.97 Å². The molecule has 0 saturated carbocycles. The highest BCUT2D eigenvalue weighted by atomic mass is 16.4. The maximum absolute atomic E-state index is 11.1. The van der Waals surface area contributed by atoms with Crippen molar-refractivity contribution in [3.8, 4) is 0 Å². The second kappa shape index (κ2) is 4.88. The summed E-state index contributed by atoms with van der Waals surface area (Å²) in [6, 6.07) is 4.76. The number of tetrazole rings is 1. The second-order valence-corrected chi connectivity index (χ2v) is 5.10. The molecule has 3 aromatic rings. The fourth-order valence-electron chi connectivity index (χ4n) is 2.66. The number of fused-ring (bicyclic) bond motifs is 3. The summed E-state index contributed by atoms with van der Waals surface area (Å²) in [5.74, 6) is -0.267. The van der Waals surface area contributed by atoms with E-state index in [9.17, 15) is 4.79 Å². The van der Waals surface area contributed by atoms with Gasteiger partial charge in [-0.2, -0.15) is 4.52 Å². The number of carbonyl (C=O) groups is 1. The lowest BCUT2D eigenvalue weighted by Gasteiger charge is -2.28. The molecule has 0 unspecified atom stereocenters. The predicted octanol–water partition coefficient (Wildman–Crippen LogP) is -0.220. The monoisotopic (exact) mass is 299 g/mol. The van der Waals surface area contributed by atoms with Crippen LogP contribution in [0.4, 0.5) is 5.82 Å². The van der Waals surface area contributed by atoms with E-state index >= 15 is 0 Å². The molecule has 0 radical (unpaired) electrons. The first kappa shape index (κ1) is 12.9. The minimum absolute atomic E-state index is 0.182. The molecule has 0 bridgehead atoms. The summed E-state index contributed by atoms with van der Waals surface area (Å²) in [7, 11) is 0. The van der Waals surface area contributed by atoms with Crippen LogP contribution in [0.2, 0.25) is 0 Å². The third-order valence-electron chi connectivity index (χ3n) is 3.76. The first-order chi connectivity index (χ1) is 10.7. The average Bonchev–Trinajstić information content (AvgIpc) is 3.04. The number of aromatic carboxylic acids is 1. The Bertz CT molecular complexity index is 869. The van der Waals surface area contributed by atoms with E-state index in [1.807, 2.05) is 0 Å². The van der Waals surface area contributed by atoms with E-state index in [4.69, 9.17) is 5.11 Å². The highest BCUT2D eigenvalue weighted by Gasteiger charge is 2.19. The van der Waals surface area contributed by atoms with E-state index in [2.05, 4.69) is 30.7 Å². The molecule has 1 aromatic carbocycles. The highest BCUT2D eigenvalue weighted by molar-refractivity contribution is 5.93. The van der Waals surface area contributed by atoms with Crippen LogP contribution in [-0.2, 0) is 0 Å². The fraction of sp³-hybridized carbons (Fsp3) is 0.308. The molecule has 0 amide bonds. The molecule has 0 atom stereocenters. The molecule has 9 heteroatoms. The van der Waals surface area contributed by atoms with Gasteiger partial charge in [0, 0.05) is 26.2 Å². The Labute approximate surface area is 124 Å². The van der Waals surface area contributed by atoms with Crippen molar-refractivity contribution in [1.29, 1.82) is 0 Å². The van der Waals surface area contributed by atoms with E-state index < -0.39 is 5.97 Å². The summed E-state index contributed by atoms with van der Waals surface area (Å²) in [6.45, 7) is 3.42. The zero-order valence-corrected chi connectivity index (χ0v) is 11.6. The first-order valence-electron chi connectivity index (χ1n) is 6.95. The number of hydrogen-bond donors (Lipinski definition) is 2. The Hall–Kier alpha value is -2.81. The largest absolute Gasteiger partial charge is 0.478 e. The number of anilines is 1. The SMILES string of the molecule is O=C(O)c1ccc2nc(N3CCNCC3)c3nnnn3c2c1. The summed E-state index contributed by atoms with van der Waals surface area (Å²) < 4.78 is 1.55. The Kier molecular flexibility index (Phi) is 2.86. The van der Waals surface area contributed by atoms with Crippen LogP contribution < -0.4 is 10.2 Å². The number of piperazine rings is 1. The number of nitrogens with zero attached hydrogens (tertiary/aromatic N) is 6. The summed E-state index contributed by atoms with van der Waals surface area (Å²) in [6.07, 6.45) is 0. The molecular formula is C13H13N7O2. The van der Waals surface area contributed by atoms with Crippen molar-refractivity contribution in [2.75, 3.05) is 31.1 Å². The number of carboxylic acids is 1. The van der Waals surface area contributed by atoms with E-state index in [1.165, 1.54) is 12.1 Å². The predicted molar refractivity (Wildman–Crippen MR) is 78.1 cm³/mol. The molecule has 2 N–H and O–H groups in total. The number of rotatable bonds is 2. The van der Waals surface area contributed by atoms with Crippen molar-refractivity contribution in [2.45, 2.75) is 0 Å². The third kappa shape index (κ3) is 1.94. The lowest BCUT2D eigenvalue weighted by atomic mass is 10.2. The van der Waals surface area contributed by atoms with Crippen molar-refractivity contribution in [1.82, 2.24) is 30.3 Å². The van der Waals surface area contributed by atoms with E-state index in [1.54, 1.807) is 10.6 Å².